The summed E-state index contributed by atoms with van der Waals surface area (Å²) < 4.78 is 6.21. The highest BCUT2D eigenvalue weighted by atomic mass is 79.9. The standard InChI is InChI=1S/C14H13BrN2O3S/c1-9-2-7-12(21-9)14(19)17-16-13(18)8-20-11-5-3-10(15)4-6-11/h2-7H,8H2,1H3,(H,16,18)(H,17,19). The van der Waals surface area contributed by atoms with Gasteiger partial charge in [-0.15, -0.1) is 11.3 Å². The van der Waals surface area contributed by atoms with E-state index in [4.69, 9.17) is 4.74 Å². The molecule has 7 heteroatoms. The van der Waals surface area contributed by atoms with Gasteiger partial charge in [0.25, 0.3) is 11.8 Å². The molecule has 2 aromatic rings. The van der Waals surface area contributed by atoms with Gasteiger partial charge in [-0.2, -0.15) is 0 Å². The van der Waals surface area contributed by atoms with Gasteiger partial charge >= 0.3 is 0 Å². The van der Waals surface area contributed by atoms with Gasteiger partial charge in [-0.1, -0.05) is 15.9 Å². The van der Waals surface area contributed by atoms with Crippen LogP contribution in [0.25, 0.3) is 0 Å². The van der Waals surface area contributed by atoms with E-state index in [1.165, 1.54) is 11.3 Å². The van der Waals surface area contributed by atoms with E-state index in [1.807, 2.05) is 25.1 Å². The summed E-state index contributed by atoms with van der Waals surface area (Å²) in [6, 6.07) is 10.7. The van der Waals surface area contributed by atoms with Crippen LogP contribution in [-0.2, 0) is 4.79 Å². The number of hydrazine groups is 1. The Morgan fingerprint density at radius 1 is 1.14 bits per heavy atom. The fourth-order valence-corrected chi connectivity index (χ4v) is 2.49. The number of nitrogens with one attached hydrogen (secondary N) is 2. The van der Waals surface area contributed by atoms with Gasteiger partial charge in [-0.3, -0.25) is 20.4 Å². The van der Waals surface area contributed by atoms with E-state index in [9.17, 15) is 9.59 Å². The van der Waals surface area contributed by atoms with Crippen LogP contribution in [0.3, 0.4) is 0 Å². The van der Waals surface area contributed by atoms with E-state index in [0.29, 0.717) is 10.6 Å². The Bertz CT molecular complexity index is 640. The highest BCUT2D eigenvalue weighted by molar-refractivity contribution is 9.10. The van der Waals surface area contributed by atoms with Crippen molar-refractivity contribution in [3.63, 3.8) is 0 Å². The average Bonchev–Trinajstić information content (AvgIpc) is 2.91. The fraction of sp³-hybridized carbons (Fsp3) is 0.143. The second-order valence-electron chi connectivity index (χ2n) is 4.16. The number of rotatable bonds is 4. The summed E-state index contributed by atoms with van der Waals surface area (Å²) >= 11 is 4.67. The Morgan fingerprint density at radius 2 is 1.86 bits per heavy atom. The van der Waals surface area contributed by atoms with E-state index in [1.54, 1.807) is 18.2 Å². The van der Waals surface area contributed by atoms with Crippen LogP contribution in [-0.4, -0.2) is 18.4 Å². The van der Waals surface area contributed by atoms with Gasteiger partial charge in [-0.25, -0.2) is 0 Å². The van der Waals surface area contributed by atoms with Crippen LogP contribution in [0.2, 0.25) is 0 Å². The smallest absolute Gasteiger partial charge is 0.279 e. The highest BCUT2D eigenvalue weighted by Gasteiger charge is 2.09. The molecule has 0 atom stereocenters. The van der Waals surface area contributed by atoms with Crippen LogP contribution < -0.4 is 15.6 Å². The molecule has 0 aliphatic rings. The number of benzene rings is 1. The minimum Gasteiger partial charge on any atom is -0.484 e. The van der Waals surface area contributed by atoms with Gasteiger partial charge < -0.3 is 4.74 Å². The molecule has 0 fully saturated rings. The summed E-state index contributed by atoms with van der Waals surface area (Å²) in [5.74, 6) is -0.196. The van der Waals surface area contributed by atoms with E-state index in [-0.39, 0.29) is 12.5 Å². The highest BCUT2D eigenvalue weighted by Crippen LogP contribution is 2.16. The molecule has 2 N–H and O–H groups in total. The van der Waals surface area contributed by atoms with Gasteiger partial charge in [0.1, 0.15) is 5.75 Å². The van der Waals surface area contributed by atoms with E-state index >= 15 is 0 Å². The topological polar surface area (TPSA) is 67.4 Å². The molecule has 0 aliphatic heterocycles. The second-order valence-corrected chi connectivity index (χ2v) is 6.36. The van der Waals surface area contributed by atoms with Crippen LogP contribution >= 0.6 is 27.3 Å². The molecular weight excluding hydrogens is 356 g/mol. The lowest BCUT2D eigenvalue weighted by Crippen LogP contribution is -2.43. The van der Waals surface area contributed by atoms with Crippen molar-refractivity contribution in [2.24, 2.45) is 0 Å². The normalized spacial score (nSPS) is 10.0. The predicted octanol–water partition coefficient (Wildman–Crippen LogP) is 2.66. The van der Waals surface area contributed by atoms with Crippen molar-refractivity contribution in [2.75, 3.05) is 6.61 Å². The van der Waals surface area contributed by atoms with Crippen LogP contribution in [0.15, 0.2) is 40.9 Å². The molecule has 110 valence electrons. The van der Waals surface area contributed by atoms with E-state index < -0.39 is 5.91 Å². The lowest BCUT2D eigenvalue weighted by atomic mass is 10.3. The van der Waals surface area contributed by atoms with Crippen LogP contribution in [0.1, 0.15) is 14.5 Å². The molecule has 0 saturated heterocycles. The lowest BCUT2D eigenvalue weighted by Gasteiger charge is -2.08. The zero-order valence-electron chi connectivity index (χ0n) is 11.2. The first-order valence-electron chi connectivity index (χ1n) is 6.08. The third-order valence-electron chi connectivity index (χ3n) is 2.46. The molecule has 21 heavy (non-hydrogen) atoms. The summed E-state index contributed by atoms with van der Waals surface area (Å²) in [4.78, 5) is 24.9. The number of halogens is 1. The van der Waals surface area contributed by atoms with Gasteiger partial charge in [-0.05, 0) is 43.3 Å². The van der Waals surface area contributed by atoms with Gasteiger partial charge in [0.05, 0.1) is 4.88 Å². The number of thiophene rings is 1. The molecule has 2 rings (SSSR count). The molecule has 0 radical (unpaired) electrons. The number of hydrogen-bond donors (Lipinski definition) is 2. The Morgan fingerprint density at radius 3 is 2.48 bits per heavy atom. The molecule has 0 saturated carbocycles. The number of ether oxygens (including phenoxy) is 1. The third-order valence-corrected chi connectivity index (χ3v) is 3.99. The Balaban J connectivity index is 1.74. The maximum Gasteiger partial charge on any atom is 0.279 e. The lowest BCUT2D eigenvalue weighted by molar-refractivity contribution is -0.123. The van der Waals surface area contributed by atoms with Gasteiger partial charge in [0.15, 0.2) is 6.61 Å². The summed E-state index contributed by atoms with van der Waals surface area (Å²) in [5, 5.41) is 0. The minimum absolute atomic E-state index is 0.175. The molecule has 0 bridgehead atoms. The molecular formula is C14H13BrN2O3S. The number of amides is 2. The Hall–Kier alpha value is -1.86. The summed E-state index contributed by atoms with van der Waals surface area (Å²) in [5.41, 5.74) is 4.65. The first-order valence-corrected chi connectivity index (χ1v) is 7.69. The van der Waals surface area contributed by atoms with Crippen molar-refractivity contribution in [2.45, 2.75) is 6.92 Å². The number of aryl methyl sites for hydroxylation is 1. The Kier molecular flexibility index (Phi) is 5.35. The molecule has 5 nitrogen and oxygen atoms in total. The van der Waals surface area contributed by atoms with Crippen molar-refractivity contribution in [3.8, 4) is 5.75 Å². The predicted molar refractivity (Wildman–Crippen MR) is 84.3 cm³/mol. The van der Waals surface area contributed by atoms with Crippen LogP contribution in [0.5, 0.6) is 5.75 Å². The molecule has 0 unspecified atom stereocenters. The zero-order valence-corrected chi connectivity index (χ0v) is 13.6. The molecule has 0 spiro atoms. The first kappa shape index (κ1) is 15.5. The van der Waals surface area contributed by atoms with Gasteiger partial charge in [0, 0.05) is 9.35 Å². The van der Waals surface area contributed by atoms with Crippen molar-refractivity contribution >= 4 is 39.1 Å². The summed E-state index contributed by atoms with van der Waals surface area (Å²) in [6.45, 7) is 1.73. The molecule has 1 heterocycles. The number of carbonyl (C=O) groups excluding carboxylic acids is 2. The average molecular weight is 369 g/mol. The maximum absolute atomic E-state index is 11.7. The quantitative estimate of drug-likeness (QED) is 0.815. The Labute approximate surface area is 134 Å². The SMILES string of the molecule is Cc1ccc(C(=O)NNC(=O)COc2ccc(Br)cc2)s1. The van der Waals surface area contributed by atoms with E-state index in [0.717, 1.165) is 9.35 Å². The van der Waals surface area contributed by atoms with Crippen LogP contribution in [0.4, 0.5) is 0 Å². The number of hydrogen-bond acceptors (Lipinski definition) is 4. The summed E-state index contributed by atoms with van der Waals surface area (Å²) in [7, 11) is 0. The molecule has 2 amide bonds. The number of carbonyl (C=O) groups is 2. The van der Waals surface area contributed by atoms with Crippen molar-refractivity contribution in [1.29, 1.82) is 0 Å². The monoisotopic (exact) mass is 368 g/mol. The second kappa shape index (κ2) is 7.24. The van der Waals surface area contributed by atoms with Crippen molar-refractivity contribution in [1.82, 2.24) is 10.9 Å². The first-order chi connectivity index (χ1) is 10.0. The van der Waals surface area contributed by atoms with Gasteiger partial charge in [0.2, 0.25) is 0 Å². The van der Waals surface area contributed by atoms with E-state index in [2.05, 4.69) is 26.8 Å². The maximum atomic E-state index is 11.7. The van der Waals surface area contributed by atoms with Crippen molar-refractivity contribution in [3.05, 3.63) is 50.6 Å². The van der Waals surface area contributed by atoms with Crippen LogP contribution in [0, 0.1) is 6.92 Å². The third kappa shape index (κ3) is 4.87. The van der Waals surface area contributed by atoms with Crippen molar-refractivity contribution < 1.29 is 14.3 Å². The fourth-order valence-electron chi connectivity index (χ4n) is 1.46. The molecule has 1 aromatic heterocycles. The largest absolute Gasteiger partial charge is 0.484 e. The zero-order chi connectivity index (χ0) is 15.2. The molecule has 1 aromatic carbocycles. The molecule has 0 aliphatic carbocycles. The minimum atomic E-state index is -0.431. The summed E-state index contributed by atoms with van der Waals surface area (Å²) in [6.07, 6.45) is 0.